The average molecular weight is 279 g/mol. The van der Waals surface area contributed by atoms with E-state index >= 15 is 0 Å². The molecule has 0 aromatic heterocycles. The van der Waals surface area contributed by atoms with Crippen LogP contribution in [0.1, 0.15) is 31.4 Å². The average Bonchev–Trinajstić information content (AvgIpc) is 2.77. The van der Waals surface area contributed by atoms with Gasteiger partial charge in [-0.3, -0.25) is 0 Å². The van der Waals surface area contributed by atoms with Crippen molar-refractivity contribution in [1.82, 2.24) is 5.32 Å². The summed E-state index contributed by atoms with van der Waals surface area (Å²) in [6.45, 7) is 6.10. The van der Waals surface area contributed by atoms with E-state index in [0.717, 1.165) is 43.0 Å². The molecule has 1 aromatic carbocycles. The van der Waals surface area contributed by atoms with Crippen molar-refractivity contribution in [2.24, 2.45) is 5.92 Å². The van der Waals surface area contributed by atoms with E-state index < -0.39 is 0 Å². The second-order valence-corrected chi connectivity index (χ2v) is 5.65. The van der Waals surface area contributed by atoms with Crippen LogP contribution in [-0.2, 0) is 13.0 Å². The van der Waals surface area contributed by atoms with Crippen LogP contribution in [0.15, 0.2) is 12.1 Å². The molecule has 2 rings (SSSR count). The molecule has 4 nitrogen and oxygen atoms in total. The van der Waals surface area contributed by atoms with E-state index in [-0.39, 0.29) is 12.7 Å². The van der Waals surface area contributed by atoms with Gasteiger partial charge in [0.05, 0.1) is 7.11 Å². The van der Waals surface area contributed by atoms with Crippen molar-refractivity contribution >= 4 is 0 Å². The van der Waals surface area contributed by atoms with Gasteiger partial charge in [-0.1, -0.05) is 6.92 Å². The van der Waals surface area contributed by atoms with Gasteiger partial charge in [-0.2, -0.15) is 0 Å². The van der Waals surface area contributed by atoms with Crippen molar-refractivity contribution in [1.29, 1.82) is 0 Å². The first kappa shape index (κ1) is 15.1. The van der Waals surface area contributed by atoms with Crippen molar-refractivity contribution in [2.75, 3.05) is 20.3 Å². The number of methoxy groups -OCH3 is 1. The normalized spacial score (nSPS) is 18.5. The first-order valence-electron chi connectivity index (χ1n) is 7.32. The molecule has 1 aliphatic heterocycles. The highest BCUT2D eigenvalue weighted by atomic mass is 16.5. The SMILES string of the molecule is COc1cc2c(cc1CNCC(C)CCO)OC(C)C2. The van der Waals surface area contributed by atoms with Gasteiger partial charge in [0.25, 0.3) is 0 Å². The van der Waals surface area contributed by atoms with Crippen LogP contribution in [0, 0.1) is 5.92 Å². The summed E-state index contributed by atoms with van der Waals surface area (Å²) in [5.74, 6) is 2.37. The molecule has 1 aliphatic rings. The molecular weight excluding hydrogens is 254 g/mol. The first-order chi connectivity index (χ1) is 9.63. The summed E-state index contributed by atoms with van der Waals surface area (Å²) in [6, 6.07) is 4.17. The maximum atomic E-state index is 8.90. The van der Waals surface area contributed by atoms with Crippen LogP contribution in [0.2, 0.25) is 0 Å². The number of fused-ring (bicyclic) bond motifs is 1. The van der Waals surface area contributed by atoms with E-state index in [9.17, 15) is 0 Å². The highest BCUT2D eigenvalue weighted by molar-refractivity contribution is 5.48. The van der Waals surface area contributed by atoms with Crippen molar-refractivity contribution in [3.63, 3.8) is 0 Å². The number of hydrogen-bond acceptors (Lipinski definition) is 4. The number of hydrogen-bond donors (Lipinski definition) is 2. The molecule has 1 aromatic rings. The molecule has 2 atom stereocenters. The molecule has 0 fully saturated rings. The molecule has 4 heteroatoms. The predicted molar refractivity (Wildman–Crippen MR) is 79.4 cm³/mol. The Labute approximate surface area is 121 Å². The molecule has 0 aliphatic carbocycles. The zero-order valence-corrected chi connectivity index (χ0v) is 12.6. The minimum Gasteiger partial charge on any atom is -0.496 e. The van der Waals surface area contributed by atoms with E-state index in [1.165, 1.54) is 5.56 Å². The highest BCUT2D eigenvalue weighted by Crippen LogP contribution is 2.34. The smallest absolute Gasteiger partial charge is 0.123 e. The van der Waals surface area contributed by atoms with E-state index in [1.54, 1.807) is 7.11 Å². The lowest BCUT2D eigenvalue weighted by atomic mass is 10.1. The summed E-state index contributed by atoms with van der Waals surface area (Å²) >= 11 is 0. The quantitative estimate of drug-likeness (QED) is 0.803. The Balaban J connectivity index is 1.99. The van der Waals surface area contributed by atoms with Crippen LogP contribution in [0.25, 0.3) is 0 Å². The molecular formula is C16H25NO3. The highest BCUT2D eigenvalue weighted by Gasteiger charge is 2.21. The molecule has 0 saturated heterocycles. The fourth-order valence-corrected chi connectivity index (χ4v) is 2.59. The first-order valence-corrected chi connectivity index (χ1v) is 7.32. The number of ether oxygens (including phenoxy) is 2. The van der Waals surface area contributed by atoms with Gasteiger partial charge >= 0.3 is 0 Å². The van der Waals surface area contributed by atoms with E-state index in [2.05, 4.69) is 31.3 Å². The molecule has 0 bridgehead atoms. The lowest BCUT2D eigenvalue weighted by Gasteiger charge is -2.14. The molecule has 0 amide bonds. The van der Waals surface area contributed by atoms with Crippen molar-refractivity contribution in [3.05, 3.63) is 23.3 Å². The number of rotatable bonds is 7. The Bertz CT molecular complexity index is 448. The second-order valence-electron chi connectivity index (χ2n) is 5.65. The van der Waals surface area contributed by atoms with Crippen LogP contribution in [0.4, 0.5) is 0 Å². The van der Waals surface area contributed by atoms with Crippen LogP contribution in [0.5, 0.6) is 11.5 Å². The summed E-state index contributed by atoms with van der Waals surface area (Å²) in [5.41, 5.74) is 2.35. The Morgan fingerprint density at radius 1 is 1.50 bits per heavy atom. The molecule has 1 heterocycles. The van der Waals surface area contributed by atoms with Crippen molar-refractivity contribution in [2.45, 2.75) is 39.3 Å². The zero-order chi connectivity index (χ0) is 14.5. The van der Waals surface area contributed by atoms with Crippen molar-refractivity contribution in [3.8, 4) is 11.5 Å². The van der Waals surface area contributed by atoms with Gasteiger partial charge in [0.15, 0.2) is 0 Å². The molecule has 0 radical (unpaired) electrons. The zero-order valence-electron chi connectivity index (χ0n) is 12.6. The van der Waals surface area contributed by atoms with Crippen LogP contribution >= 0.6 is 0 Å². The Hall–Kier alpha value is -1.26. The van der Waals surface area contributed by atoms with Gasteiger partial charge in [0, 0.05) is 30.7 Å². The van der Waals surface area contributed by atoms with Crippen LogP contribution in [-0.4, -0.2) is 31.5 Å². The third-order valence-corrected chi connectivity index (χ3v) is 3.73. The van der Waals surface area contributed by atoms with Gasteiger partial charge in [-0.05, 0) is 37.9 Å². The maximum absolute atomic E-state index is 8.90. The summed E-state index contributed by atoms with van der Waals surface area (Å²) in [6.07, 6.45) is 2.03. The van der Waals surface area contributed by atoms with E-state index in [1.807, 2.05) is 0 Å². The monoisotopic (exact) mass is 279 g/mol. The maximum Gasteiger partial charge on any atom is 0.123 e. The number of nitrogens with one attached hydrogen (secondary N) is 1. The Kier molecular flexibility index (Phi) is 5.26. The fraction of sp³-hybridized carbons (Fsp3) is 0.625. The molecule has 2 N–H and O–H groups in total. The summed E-state index contributed by atoms with van der Waals surface area (Å²) in [7, 11) is 1.71. The van der Waals surface area contributed by atoms with Gasteiger partial charge in [-0.25, -0.2) is 0 Å². The summed E-state index contributed by atoms with van der Waals surface area (Å²) in [4.78, 5) is 0. The Morgan fingerprint density at radius 3 is 3.00 bits per heavy atom. The number of benzene rings is 1. The molecule has 0 spiro atoms. The minimum absolute atomic E-state index is 0.247. The Morgan fingerprint density at radius 2 is 2.30 bits per heavy atom. The number of aliphatic hydroxyl groups excluding tert-OH is 1. The summed E-state index contributed by atoms with van der Waals surface area (Å²) in [5, 5.41) is 12.3. The van der Waals surface area contributed by atoms with Gasteiger partial charge in [0.2, 0.25) is 0 Å². The largest absolute Gasteiger partial charge is 0.496 e. The fourth-order valence-electron chi connectivity index (χ4n) is 2.59. The minimum atomic E-state index is 0.247. The van der Waals surface area contributed by atoms with Gasteiger partial charge in [0.1, 0.15) is 17.6 Å². The van der Waals surface area contributed by atoms with Crippen molar-refractivity contribution < 1.29 is 14.6 Å². The molecule has 0 saturated carbocycles. The summed E-state index contributed by atoms with van der Waals surface area (Å²) < 4.78 is 11.3. The third kappa shape index (κ3) is 3.64. The molecule has 2 unspecified atom stereocenters. The second kappa shape index (κ2) is 6.95. The van der Waals surface area contributed by atoms with Crippen LogP contribution < -0.4 is 14.8 Å². The van der Waals surface area contributed by atoms with Gasteiger partial charge < -0.3 is 19.9 Å². The molecule has 20 heavy (non-hydrogen) atoms. The molecule has 112 valence electrons. The van der Waals surface area contributed by atoms with E-state index in [0.29, 0.717) is 5.92 Å². The number of aliphatic hydroxyl groups is 1. The standard InChI is InChI=1S/C16H25NO3/c1-11(4-5-18)9-17-10-14-8-16-13(6-12(2)20-16)7-15(14)19-3/h7-8,11-12,17-18H,4-6,9-10H2,1-3H3. The topological polar surface area (TPSA) is 50.7 Å². The van der Waals surface area contributed by atoms with Gasteiger partial charge in [-0.15, -0.1) is 0 Å². The lowest BCUT2D eigenvalue weighted by molar-refractivity contribution is 0.254. The predicted octanol–water partition coefficient (Wildman–Crippen LogP) is 2.13. The van der Waals surface area contributed by atoms with E-state index in [4.69, 9.17) is 14.6 Å². The third-order valence-electron chi connectivity index (χ3n) is 3.73. The van der Waals surface area contributed by atoms with Crippen LogP contribution in [0.3, 0.4) is 0 Å². The lowest BCUT2D eigenvalue weighted by Crippen LogP contribution is -2.21.